The van der Waals surface area contributed by atoms with Crippen molar-refractivity contribution in [2.75, 3.05) is 25.7 Å². The Morgan fingerprint density at radius 1 is 1.04 bits per heavy atom. The number of hydrogen-bond acceptors (Lipinski definition) is 5. The number of esters is 1. The van der Waals surface area contributed by atoms with Crippen LogP contribution in [-0.4, -0.2) is 38.7 Å². The highest BCUT2D eigenvalue weighted by molar-refractivity contribution is 6.01. The quantitative estimate of drug-likeness (QED) is 0.772. The molecule has 0 saturated carbocycles. The van der Waals surface area contributed by atoms with Crippen LogP contribution in [0.1, 0.15) is 22.8 Å². The van der Waals surface area contributed by atoms with E-state index in [1.54, 1.807) is 30.0 Å². The van der Waals surface area contributed by atoms with Crippen LogP contribution in [-0.2, 0) is 16.0 Å². The van der Waals surface area contributed by atoms with Crippen molar-refractivity contribution in [3.8, 4) is 11.5 Å². The van der Waals surface area contributed by atoms with E-state index in [1.165, 1.54) is 14.2 Å². The Balaban J connectivity index is 1.75. The van der Waals surface area contributed by atoms with E-state index in [2.05, 4.69) is 0 Å². The first-order valence-corrected chi connectivity index (χ1v) is 8.38. The van der Waals surface area contributed by atoms with Gasteiger partial charge in [-0.1, -0.05) is 24.3 Å². The van der Waals surface area contributed by atoms with Gasteiger partial charge in [0.15, 0.2) is 17.6 Å². The minimum absolute atomic E-state index is 0.216. The average molecular weight is 355 g/mol. The largest absolute Gasteiger partial charge is 0.493 e. The Hall–Kier alpha value is -3.02. The molecule has 0 bridgehead atoms. The van der Waals surface area contributed by atoms with Crippen molar-refractivity contribution >= 4 is 17.6 Å². The molecule has 26 heavy (non-hydrogen) atoms. The number of nitrogens with zero attached hydrogens (tertiary/aromatic N) is 1. The smallest absolute Gasteiger partial charge is 0.342 e. The first-order chi connectivity index (χ1) is 12.6. The van der Waals surface area contributed by atoms with E-state index in [9.17, 15) is 9.59 Å². The number of carbonyl (C=O) groups is 2. The van der Waals surface area contributed by atoms with Gasteiger partial charge < -0.3 is 19.1 Å². The summed E-state index contributed by atoms with van der Waals surface area (Å²) in [6.07, 6.45) is -0.115. The third-order valence-corrected chi connectivity index (χ3v) is 4.41. The van der Waals surface area contributed by atoms with Crippen LogP contribution in [0.15, 0.2) is 42.5 Å². The molecular formula is C20H21NO5. The van der Waals surface area contributed by atoms with Gasteiger partial charge in [0.2, 0.25) is 0 Å². The molecule has 3 rings (SSSR count). The van der Waals surface area contributed by atoms with Crippen molar-refractivity contribution in [2.24, 2.45) is 0 Å². The number of methoxy groups -OCH3 is 2. The van der Waals surface area contributed by atoms with Crippen molar-refractivity contribution < 1.29 is 23.8 Å². The monoisotopic (exact) mass is 355 g/mol. The minimum Gasteiger partial charge on any atom is -0.493 e. The fraction of sp³-hybridized carbons (Fsp3) is 0.300. The van der Waals surface area contributed by atoms with Gasteiger partial charge in [0.25, 0.3) is 5.91 Å². The number of para-hydroxylation sites is 2. The third-order valence-electron chi connectivity index (χ3n) is 4.41. The highest BCUT2D eigenvalue weighted by atomic mass is 16.6. The van der Waals surface area contributed by atoms with Crippen LogP contribution >= 0.6 is 0 Å². The summed E-state index contributed by atoms with van der Waals surface area (Å²) in [5, 5.41) is 0. The lowest BCUT2D eigenvalue weighted by Gasteiger charge is -2.22. The predicted molar refractivity (Wildman–Crippen MR) is 96.9 cm³/mol. The second-order valence-electron chi connectivity index (χ2n) is 5.96. The molecule has 1 atom stereocenters. The number of ether oxygens (including phenoxy) is 3. The van der Waals surface area contributed by atoms with E-state index < -0.39 is 12.1 Å². The topological polar surface area (TPSA) is 65.1 Å². The molecule has 0 spiro atoms. The van der Waals surface area contributed by atoms with Crippen LogP contribution in [0.5, 0.6) is 11.5 Å². The van der Waals surface area contributed by atoms with Crippen molar-refractivity contribution in [1.82, 2.24) is 0 Å². The molecule has 1 heterocycles. The van der Waals surface area contributed by atoms with E-state index in [1.807, 2.05) is 24.3 Å². The number of rotatable bonds is 5. The van der Waals surface area contributed by atoms with Crippen molar-refractivity contribution in [3.05, 3.63) is 53.6 Å². The van der Waals surface area contributed by atoms with Gasteiger partial charge in [-0.15, -0.1) is 0 Å². The van der Waals surface area contributed by atoms with Gasteiger partial charge in [-0.2, -0.15) is 0 Å². The first-order valence-electron chi connectivity index (χ1n) is 8.38. The Kier molecular flexibility index (Phi) is 5.11. The molecule has 2 aromatic rings. The van der Waals surface area contributed by atoms with Crippen molar-refractivity contribution in [3.63, 3.8) is 0 Å². The number of anilines is 1. The number of carbonyl (C=O) groups excluding carboxylic acids is 2. The summed E-state index contributed by atoms with van der Waals surface area (Å²) < 4.78 is 15.8. The van der Waals surface area contributed by atoms with Crippen LogP contribution < -0.4 is 14.4 Å². The zero-order valence-corrected chi connectivity index (χ0v) is 15.0. The first kappa shape index (κ1) is 17.8. The van der Waals surface area contributed by atoms with Gasteiger partial charge in [0.1, 0.15) is 5.56 Å². The van der Waals surface area contributed by atoms with E-state index in [4.69, 9.17) is 14.2 Å². The number of fused-ring (bicyclic) bond motifs is 1. The summed E-state index contributed by atoms with van der Waals surface area (Å²) in [6, 6.07) is 12.7. The Labute approximate surface area is 152 Å². The average Bonchev–Trinajstić information content (AvgIpc) is 3.10. The Morgan fingerprint density at radius 3 is 2.54 bits per heavy atom. The second-order valence-corrected chi connectivity index (χ2v) is 5.96. The molecule has 6 heteroatoms. The summed E-state index contributed by atoms with van der Waals surface area (Å²) in [5.41, 5.74) is 2.21. The molecule has 0 N–H and O–H groups in total. The standard InChI is InChI=1S/C20H21NO5/c1-13(19(22)21-12-11-14-7-4-5-9-16(14)21)26-20(23)15-8-6-10-17(24-2)18(15)25-3/h4-10,13H,11-12H2,1-3H3/t13-/m0/s1. The van der Waals surface area contributed by atoms with Crippen LogP contribution in [0, 0.1) is 0 Å². The number of benzene rings is 2. The Bertz CT molecular complexity index is 833. The van der Waals surface area contributed by atoms with Gasteiger partial charge in [-0.3, -0.25) is 4.79 Å². The molecule has 1 amide bonds. The van der Waals surface area contributed by atoms with Gasteiger partial charge >= 0.3 is 5.97 Å². The van der Waals surface area contributed by atoms with Crippen LogP contribution in [0.2, 0.25) is 0 Å². The second kappa shape index (κ2) is 7.47. The highest BCUT2D eigenvalue weighted by Crippen LogP contribution is 2.32. The zero-order chi connectivity index (χ0) is 18.7. The molecule has 2 aromatic carbocycles. The fourth-order valence-corrected chi connectivity index (χ4v) is 3.11. The fourth-order valence-electron chi connectivity index (χ4n) is 3.11. The molecule has 1 aliphatic heterocycles. The number of amides is 1. The van der Waals surface area contributed by atoms with E-state index in [0.717, 1.165) is 17.7 Å². The van der Waals surface area contributed by atoms with Gasteiger partial charge in [-0.05, 0) is 37.1 Å². The lowest BCUT2D eigenvalue weighted by molar-refractivity contribution is -0.126. The summed E-state index contributed by atoms with van der Waals surface area (Å²) >= 11 is 0. The molecule has 0 aromatic heterocycles. The lowest BCUT2D eigenvalue weighted by atomic mass is 10.2. The molecule has 0 unspecified atom stereocenters. The molecule has 0 aliphatic carbocycles. The van der Waals surface area contributed by atoms with E-state index in [0.29, 0.717) is 12.3 Å². The maximum absolute atomic E-state index is 12.7. The lowest BCUT2D eigenvalue weighted by Crippen LogP contribution is -2.39. The predicted octanol–water partition coefficient (Wildman–Crippen LogP) is 2.84. The van der Waals surface area contributed by atoms with E-state index in [-0.39, 0.29) is 17.2 Å². The molecule has 136 valence electrons. The molecule has 0 fully saturated rings. The molecule has 0 radical (unpaired) electrons. The summed E-state index contributed by atoms with van der Waals surface area (Å²) in [6.45, 7) is 2.16. The zero-order valence-electron chi connectivity index (χ0n) is 15.0. The van der Waals surface area contributed by atoms with Gasteiger partial charge in [0, 0.05) is 12.2 Å². The summed E-state index contributed by atoms with van der Waals surface area (Å²) in [7, 11) is 2.94. The normalized spacial score (nSPS) is 13.7. The maximum atomic E-state index is 12.7. The third kappa shape index (κ3) is 3.22. The van der Waals surface area contributed by atoms with Gasteiger partial charge in [0.05, 0.1) is 14.2 Å². The maximum Gasteiger partial charge on any atom is 0.342 e. The molecule has 0 saturated heterocycles. The van der Waals surface area contributed by atoms with Crippen molar-refractivity contribution in [2.45, 2.75) is 19.4 Å². The van der Waals surface area contributed by atoms with Crippen LogP contribution in [0.3, 0.4) is 0 Å². The van der Waals surface area contributed by atoms with Crippen molar-refractivity contribution in [1.29, 1.82) is 0 Å². The molecular weight excluding hydrogens is 334 g/mol. The Morgan fingerprint density at radius 2 is 1.81 bits per heavy atom. The highest BCUT2D eigenvalue weighted by Gasteiger charge is 2.30. The minimum atomic E-state index is -0.912. The molecule has 1 aliphatic rings. The molecule has 6 nitrogen and oxygen atoms in total. The summed E-state index contributed by atoms with van der Waals surface area (Å²) in [4.78, 5) is 26.9. The number of hydrogen-bond donors (Lipinski definition) is 0. The summed E-state index contributed by atoms with van der Waals surface area (Å²) in [5.74, 6) is -0.167. The van der Waals surface area contributed by atoms with E-state index >= 15 is 0 Å². The SMILES string of the molecule is COc1cccc(C(=O)O[C@@H](C)C(=O)N2CCc3ccccc32)c1OC. The van der Waals surface area contributed by atoms with Crippen LogP contribution in [0.25, 0.3) is 0 Å². The van der Waals surface area contributed by atoms with Crippen LogP contribution in [0.4, 0.5) is 5.69 Å². The van der Waals surface area contributed by atoms with Gasteiger partial charge in [-0.25, -0.2) is 4.79 Å².